The summed E-state index contributed by atoms with van der Waals surface area (Å²) >= 11 is 0. The van der Waals surface area contributed by atoms with Gasteiger partial charge in [0.15, 0.2) is 0 Å². The first-order valence-electron chi connectivity index (χ1n) is 11.7. The molecule has 4 aromatic carbocycles. The van der Waals surface area contributed by atoms with E-state index in [0.717, 1.165) is 35.7 Å². The Balaban J connectivity index is 1.41. The maximum Gasteiger partial charge on any atom is 0.304 e. The van der Waals surface area contributed by atoms with Gasteiger partial charge in [-0.2, -0.15) is 0 Å². The lowest BCUT2D eigenvalue weighted by molar-refractivity contribution is -0.137. The number of nitrogens with zero attached hydrogens (tertiary/aromatic N) is 2. The molecule has 1 heterocycles. The van der Waals surface area contributed by atoms with Crippen LogP contribution in [0.2, 0.25) is 0 Å². The van der Waals surface area contributed by atoms with E-state index in [1.807, 2.05) is 24.3 Å². The Hall–Kier alpha value is -4.05. The van der Waals surface area contributed by atoms with Crippen molar-refractivity contribution in [2.75, 3.05) is 16.3 Å². The normalized spacial score (nSPS) is 14.6. The number of carboxylic acids is 1. The number of carboxylic acid groups (broad SMARTS) is 1. The van der Waals surface area contributed by atoms with Crippen LogP contribution < -0.4 is 9.80 Å². The molecule has 0 saturated heterocycles. The van der Waals surface area contributed by atoms with Crippen molar-refractivity contribution in [2.45, 2.75) is 25.4 Å². The highest BCUT2D eigenvalue weighted by molar-refractivity contribution is 5.75. The first kappa shape index (κ1) is 21.8. The first-order chi connectivity index (χ1) is 16.7. The van der Waals surface area contributed by atoms with E-state index in [-0.39, 0.29) is 12.3 Å². The smallest absolute Gasteiger partial charge is 0.304 e. The molecule has 4 heteroatoms. The average molecular weight is 449 g/mol. The summed E-state index contributed by atoms with van der Waals surface area (Å²) in [6, 6.07) is 37.9. The lowest BCUT2D eigenvalue weighted by Crippen LogP contribution is -2.22. The number of hydrogen-bond donors (Lipinski definition) is 1. The maximum absolute atomic E-state index is 11.4. The summed E-state index contributed by atoms with van der Waals surface area (Å²) in [6.45, 7) is 2.33. The molecule has 4 aromatic rings. The topological polar surface area (TPSA) is 43.8 Å². The van der Waals surface area contributed by atoms with E-state index in [4.69, 9.17) is 0 Å². The Bertz CT molecular complexity index is 1200. The van der Waals surface area contributed by atoms with Gasteiger partial charge in [0.2, 0.25) is 0 Å². The number of hydrogen-bond acceptors (Lipinski definition) is 3. The zero-order valence-electron chi connectivity index (χ0n) is 19.0. The molecule has 5 rings (SSSR count). The van der Waals surface area contributed by atoms with Crippen molar-refractivity contribution in [1.82, 2.24) is 0 Å². The van der Waals surface area contributed by atoms with Crippen molar-refractivity contribution >= 4 is 23.0 Å². The van der Waals surface area contributed by atoms with Crippen LogP contribution >= 0.6 is 0 Å². The number of anilines is 3. The minimum absolute atomic E-state index is 0.000959. The Morgan fingerprint density at radius 2 is 1.32 bits per heavy atom. The third-order valence-corrected chi connectivity index (χ3v) is 6.45. The number of rotatable bonds is 8. The van der Waals surface area contributed by atoms with Crippen molar-refractivity contribution in [3.63, 3.8) is 0 Å². The molecule has 0 radical (unpaired) electrons. The molecule has 1 aliphatic rings. The summed E-state index contributed by atoms with van der Waals surface area (Å²) in [5.41, 5.74) is 7.00. The summed E-state index contributed by atoms with van der Waals surface area (Å²) in [5.74, 6) is -0.754. The molecule has 0 spiro atoms. The van der Waals surface area contributed by atoms with Gasteiger partial charge in [0.05, 0.1) is 6.42 Å². The van der Waals surface area contributed by atoms with E-state index in [2.05, 4.69) is 94.7 Å². The van der Waals surface area contributed by atoms with Crippen LogP contribution in [0.5, 0.6) is 0 Å². The molecule has 0 fully saturated rings. The Morgan fingerprint density at radius 1 is 0.765 bits per heavy atom. The van der Waals surface area contributed by atoms with Gasteiger partial charge in [0.25, 0.3) is 0 Å². The minimum atomic E-state index is -0.755. The Labute approximate surface area is 200 Å². The molecule has 0 amide bonds. The van der Waals surface area contributed by atoms with Crippen molar-refractivity contribution in [3.8, 4) is 0 Å². The quantitative estimate of drug-likeness (QED) is 0.330. The van der Waals surface area contributed by atoms with E-state index in [1.165, 1.54) is 11.1 Å². The first-order valence-corrected chi connectivity index (χ1v) is 11.7. The summed E-state index contributed by atoms with van der Waals surface area (Å²) in [7, 11) is 0. The third-order valence-electron chi connectivity index (χ3n) is 6.45. The van der Waals surface area contributed by atoms with Crippen molar-refractivity contribution in [1.29, 1.82) is 0 Å². The van der Waals surface area contributed by atoms with Crippen LogP contribution in [0.15, 0.2) is 109 Å². The fourth-order valence-corrected chi connectivity index (χ4v) is 4.81. The molecular formula is C30H28N2O2. The number of fused-ring (bicyclic) bond motifs is 1. The highest BCUT2D eigenvalue weighted by Crippen LogP contribution is 2.42. The van der Waals surface area contributed by atoms with Crippen LogP contribution in [0.3, 0.4) is 0 Å². The predicted molar refractivity (Wildman–Crippen MR) is 138 cm³/mol. The van der Waals surface area contributed by atoms with Crippen molar-refractivity contribution in [3.05, 3.63) is 126 Å². The molecule has 0 aliphatic carbocycles. The van der Waals surface area contributed by atoms with E-state index in [1.54, 1.807) is 0 Å². The molecule has 1 unspecified atom stereocenters. The number of carbonyl (C=O) groups is 1. The molecule has 170 valence electrons. The Morgan fingerprint density at radius 3 is 1.91 bits per heavy atom. The Kier molecular flexibility index (Phi) is 6.30. The molecule has 1 N–H and O–H groups in total. The van der Waals surface area contributed by atoms with Crippen molar-refractivity contribution < 1.29 is 9.90 Å². The lowest BCUT2D eigenvalue weighted by Gasteiger charge is -2.27. The van der Waals surface area contributed by atoms with Gasteiger partial charge in [0.1, 0.15) is 0 Å². The van der Waals surface area contributed by atoms with Gasteiger partial charge in [-0.05, 0) is 47.0 Å². The molecular weight excluding hydrogens is 420 g/mol. The molecule has 34 heavy (non-hydrogen) atoms. The zero-order valence-corrected chi connectivity index (χ0v) is 19.0. The third kappa shape index (κ3) is 4.81. The van der Waals surface area contributed by atoms with Gasteiger partial charge in [-0.3, -0.25) is 4.79 Å². The second-order valence-electron chi connectivity index (χ2n) is 8.81. The predicted octanol–water partition coefficient (Wildman–Crippen LogP) is 6.60. The largest absolute Gasteiger partial charge is 0.481 e. The highest BCUT2D eigenvalue weighted by atomic mass is 16.4. The number of benzene rings is 4. The van der Waals surface area contributed by atoms with Crippen LogP contribution in [0.25, 0.3) is 0 Å². The molecule has 1 atom stereocenters. The molecule has 4 nitrogen and oxygen atoms in total. The summed E-state index contributed by atoms with van der Waals surface area (Å²) < 4.78 is 0. The summed E-state index contributed by atoms with van der Waals surface area (Å²) in [6.07, 6.45) is 0.146. The van der Waals surface area contributed by atoms with Gasteiger partial charge in [0, 0.05) is 42.6 Å². The number of para-hydroxylation sites is 1. The maximum atomic E-state index is 11.4. The van der Waals surface area contributed by atoms with Gasteiger partial charge >= 0.3 is 5.97 Å². The fraction of sp³-hybridized carbons (Fsp3) is 0.167. The lowest BCUT2D eigenvalue weighted by atomic mass is 9.98. The van der Waals surface area contributed by atoms with Crippen LogP contribution in [-0.2, 0) is 17.9 Å². The highest BCUT2D eigenvalue weighted by Gasteiger charge is 2.30. The molecule has 0 aromatic heterocycles. The van der Waals surface area contributed by atoms with Crippen LogP contribution in [-0.4, -0.2) is 17.6 Å². The standard InChI is InChI=1S/C30H28N2O2/c33-30(34)19-25-22-32(29-14-8-7-13-28(25)29)27-17-15-26(16-18-27)31(20-23-9-3-1-4-10-23)21-24-11-5-2-6-12-24/h1-18,25H,19-22H2,(H,33,34). The SMILES string of the molecule is O=C(O)CC1CN(c2ccc(N(Cc3ccccc3)Cc3ccccc3)cc2)c2ccccc21. The summed E-state index contributed by atoms with van der Waals surface area (Å²) in [5, 5.41) is 9.37. The van der Waals surface area contributed by atoms with Gasteiger partial charge in [-0.1, -0.05) is 78.9 Å². The van der Waals surface area contributed by atoms with E-state index < -0.39 is 5.97 Å². The summed E-state index contributed by atoms with van der Waals surface area (Å²) in [4.78, 5) is 16.0. The van der Waals surface area contributed by atoms with Crippen LogP contribution in [0, 0.1) is 0 Å². The van der Waals surface area contributed by atoms with E-state index in [0.29, 0.717) is 6.54 Å². The van der Waals surface area contributed by atoms with E-state index >= 15 is 0 Å². The fourth-order valence-electron chi connectivity index (χ4n) is 4.81. The van der Waals surface area contributed by atoms with Crippen LogP contribution in [0.1, 0.15) is 29.0 Å². The van der Waals surface area contributed by atoms with Crippen molar-refractivity contribution in [2.24, 2.45) is 0 Å². The molecule has 1 aliphatic heterocycles. The molecule has 0 saturated carbocycles. The van der Waals surface area contributed by atoms with Gasteiger partial charge in [-0.15, -0.1) is 0 Å². The van der Waals surface area contributed by atoms with Gasteiger partial charge in [-0.25, -0.2) is 0 Å². The van der Waals surface area contributed by atoms with Crippen LogP contribution in [0.4, 0.5) is 17.1 Å². The van der Waals surface area contributed by atoms with E-state index in [9.17, 15) is 9.90 Å². The number of aliphatic carboxylic acids is 1. The second kappa shape index (κ2) is 9.84. The molecule has 0 bridgehead atoms. The zero-order chi connectivity index (χ0) is 23.3. The second-order valence-corrected chi connectivity index (χ2v) is 8.81. The minimum Gasteiger partial charge on any atom is -0.481 e. The average Bonchev–Trinajstić information content (AvgIpc) is 3.23. The van der Waals surface area contributed by atoms with Gasteiger partial charge < -0.3 is 14.9 Å². The monoisotopic (exact) mass is 448 g/mol.